The lowest BCUT2D eigenvalue weighted by Gasteiger charge is -2.29. The minimum Gasteiger partial charge on any atom is -0.328 e. The second kappa shape index (κ2) is 6.24. The summed E-state index contributed by atoms with van der Waals surface area (Å²) in [6.07, 6.45) is 7.11. The number of rotatable bonds is 7. The van der Waals surface area contributed by atoms with Crippen LogP contribution in [-0.4, -0.2) is 31.7 Å². The average molecular weight is 170 g/mol. The highest BCUT2D eigenvalue weighted by Crippen LogP contribution is 2.04. The molecule has 0 amide bonds. The predicted molar refractivity (Wildman–Crippen MR) is 56.2 cm³/mol. The van der Waals surface area contributed by atoms with Crippen molar-refractivity contribution in [3.63, 3.8) is 0 Å². The van der Waals surface area contributed by atoms with Crippen LogP contribution in [0.25, 0.3) is 0 Å². The van der Waals surface area contributed by atoms with E-state index in [1.165, 1.54) is 43.3 Å². The van der Waals surface area contributed by atoms with E-state index in [4.69, 9.17) is 0 Å². The van der Waals surface area contributed by atoms with Gasteiger partial charge in [-0.15, -0.1) is 6.58 Å². The molecule has 0 aromatic heterocycles. The number of quaternary nitrogens is 1. The van der Waals surface area contributed by atoms with E-state index in [-0.39, 0.29) is 0 Å². The number of nitrogens with zero attached hydrogens (tertiary/aromatic N) is 1. The lowest BCUT2D eigenvalue weighted by Crippen LogP contribution is -2.40. The second-order valence-corrected chi connectivity index (χ2v) is 4.17. The largest absolute Gasteiger partial charge is 0.328 e. The molecule has 0 radical (unpaired) electrons. The average Bonchev–Trinajstić information content (AvgIpc) is 1.98. The Bertz CT molecular complexity index is 116. The van der Waals surface area contributed by atoms with Crippen LogP contribution in [0.15, 0.2) is 12.7 Å². The highest BCUT2D eigenvalue weighted by Gasteiger charge is 2.11. The molecule has 0 heterocycles. The Kier molecular flexibility index (Phi) is 6.09. The summed E-state index contributed by atoms with van der Waals surface area (Å²) in [5, 5.41) is 0. The fourth-order valence-electron chi connectivity index (χ4n) is 1.55. The Morgan fingerprint density at radius 2 is 1.83 bits per heavy atom. The SMILES string of the molecule is C=CCCCC[N+](C)(C)CCC. The first-order valence-corrected chi connectivity index (χ1v) is 5.05. The molecule has 0 aromatic rings. The zero-order chi connectivity index (χ0) is 9.45. The van der Waals surface area contributed by atoms with Crippen LogP contribution < -0.4 is 0 Å². The summed E-state index contributed by atoms with van der Waals surface area (Å²) in [5.74, 6) is 0. The number of unbranched alkanes of at least 4 members (excludes halogenated alkanes) is 2. The molecule has 0 aliphatic heterocycles. The molecule has 1 heteroatoms. The van der Waals surface area contributed by atoms with Crippen LogP contribution in [0.4, 0.5) is 0 Å². The minimum absolute atomic E-state index is 1.17. The van der Waals surface area contributed by atoms with Gasteiger partial charge in [-0.05, 0) is 25.7 Å². The summed E-state index contributed by atoms with van der Waals surface area (Å²) in [6, 6.07) is 0. The first-order valence-electron chi connectivity index (χ1n) is 5.05. The van der Waals surface area contributed by atoms with E-state index < -0.39 is 0 Å². The van der Waals surface area contributed by atoms with Crippen molar-refractivity contribution in [2.24, 2.45) is 0 Å². The van der Waals surface area contributed by atoms with Crippen LogP contribution in [0.5, 0.6) is 0 Å². The van der Waals surface area contributed by atoms with E-state index in [2.05, 4.69) is 27.6 Å². The molecule has 0 rings (SSSR count). The molecule has 0 aromatic carbocycles. The van der Waals surface area contributed by atoms with E-state index in [1.807, 2.05) is 6.08 Å². The molecule has 0 saturated heterocycles. The topological polar surface area (TPSA) is 0 Å². The molecule has 12 heavy (non-hydrogen) atoms. The molecule has 0 atom stereocenters. The lowest BCUT2D eigenvalue weighted by molar-refractivity contribution is -0.890. The summed E-state index contributed by atoms with van der Waals surface area (Å²) in [6.45, 7) is 8.59. The normalized spacial score (nSPS) is 11.6. The van der Waals surface area contributed by atoms with E-state index in [9.17, 15) is 0 Å². The van der Waals surface area contributed by atoms with Gasteiger partial charge in [-0.2, -0.15) is 0 Å². The van der Waals surface area contributed by atoms with Crippen LogP contribution in [0, 0.1) is 0 Å². The van der Waals surface area contributed by atoms with Gasteiger partial charge in [-0.25, -0.2) is 0 Å². The minimum atomic E-state index is 1.17. The molecule has 0 fully saturated rings. The molecule has 0 N–H and O–H groups in total. The first-order chi connectivity index (χ1) is 5.62. The highest BCUT2D eigenvalue weighted by molar-refractivity contribution is 4.65. The van der Waals surface area contributed by atoms with Gasteiger partial charge < -0.3 is 4.48 Å². The third-order valence-electron chi connectivity index (χ3n) is 2.25. The van der Waals surface area contributed by atoms with Gasteiger partial charge in [-0.1, -0.05) is 13.0 Å². The van der Waals surface area contributed by atoms with Gasteiger partial charge in [0.15, 0.2) is 0 Å². The predicted octanol–water partition coefficient (Wildman–Crippen LogP) is 2.83. The van der Waals surface area contributed by atoms with Crippen molar-refractivity contribution in [1.29, 1.82) is 0 Å². The molecule has 0 aliphatic rings. The van der Waals surface area contributed by atoms with E-state index in [0.29, 0.717) is 0 Å². The van der Waals surface area contributed by atoms with Gasteiger partial charge in [0.2, 0.25) is 0 Å². The van der Waals surface area contributed by atoms with Crippen LogP contribution in [0.2, 0.25) is 0 Å². The van der Waals surface area contributed by atoms with Crippen LogP contribution in [0.1, 0.15) is 32.6 Å². The van der Waals surface area contributed by atoms with Crippen LogP contribution >= 0.6 is 0 Å². The summed E-state index contributed by atoms with van der Waals surface area (Å²) < 4.78 is 1.17. The molecular weight excluding hydrogens is 146 g/mol. The first kappa shape index (κ1) is 11.7. The second-order valence-electron chi connectivity index (χ2n) is 4.17. The van der Waals surface area contributed by atoms with Crippen molar-refractivity contribution in [2.75, 3.05) is 27.2 Å². The monoisotopic (exact) mass is 170 g/mol. The quantitative estimate of drug-likeness (QED) is 0.313. The van der Waals surface area contributed by atoms with Crippen molar-refractivity contribution >= 4 is 0 Å². The van der Waals surface area contributed by atoms with Crippen LogP contribution in [0.3, 0.4) is 0 Å². The summed E-state index contributed by atoms with van der Waals surface area (Å²) in [5.41, 5.74) is 0. The third-order valence-corrected chi connectivity index (χ3v) is 2.25. The van der Waals surface area contributed by atoms with Crippen molar-refractivity contribution in [3.05, 3.63) is 12.7 Å². The smallest absolute Gasteiger partial charge is 0.0782 e. The lowest BCUT2D eigenvalue weighted by atomic mass is 10.2. The standard InChI is InChI=1S/C11H24N/c1-5-7-8-9-11-12(3,4)10-6-2/h5H,1,6-11H2,2-4H3/q+1. The Balaban J connectivity index is 3.39. The molecule has 72 valence electrons. The fraction of sp³-hybridized carbons (Fsp3) is 0.818. The third kappa shape index (κ3) is 6.41. The maximum absolute atomic E-state index is 3.73. The maximum Gasteiger partial charge on any atom is 0.0782 e. The van der Waals surface area contributed by atoms with Gasteiger partial charge >= 0.3 is 0 Å². The number of hydrogen-bond acceptors (Lipinski definition) is 0. The molecule has 0 saturated carbocycles. The Morgan fingerprint density at radius 3 is 2.33 bits per heavy atom. The van der Waals surface area contributed by atoms with Gasteiger partial charge in [0.05, 0.1) is 27.2 Å². The zero-order valence-electron chi connectivity index (χ0n) is 8.97. The molecule has 0 aliphatic carbocycles. The fourth-order valence-corrected chi connectivity index (χ4v) is 1.55. The van der Waals surface area contributed by atoms with Crippen molar-refractivity contribution < 1.29 is 4.48 Å². The van der Waals surface area contributed by atoms with Crippen LogP contribution in [-0.2, 0) is 0 Å². The Labute approximate surface area is 77.7 Å². The number of allylic oxidation sites excluding steroid dienone is 1. The molecular formula is C11H24N+. The van der Waals surface area contributed by atoms with Gasteiger partial charge in [0.1, 0.15) is 0 Å². The van der Waals surface area contributed by atoms with Crippen molar-refractivity contribution in [1.82, 2.24) is 0 Å². The molecule has 1 nitrogen and oxygen atoms in total. The van der Waals surface area contributed by atoms with Gasteiger partial charge in [0.25, 0.3) is 0 Å². The highest BCUT2D eigenvalue weighted by atomic mass is 15.3. The summed E-state index contributed by atoms with van der Waals surface area (Å²) >= 11 is 0. The van der Waals surface area contributed by atoms with Gasteiger partial charge in [0, 0.05) is 0 Å². The molecule has 0 bridgehead atoms. The maximum atomic E-state index is 3.73. The summed E-state index contributed by atoms with van der Waals surface area (Å²) in [7, 11) is 4.63. The van der Waals surface area contributed by atoms with E-state index in [0.717, 1.165) is 0 Å². The molecule has 0 spiro atoms. The molecule has 0 unspecified atom stereocenters. The summed E-state index contributed by atoms with van der Waals surface area (Å²) in [4.78, 5) is 0. The van der Waals surface area contributed by atoms with E-state index in [1.54, 1.807) is 0 Å². The zero-order valence-corrected chi connectivity index (χ0v) is 8.97. The Hall–Kier alpha value is -0.300. The van der Waals surface area contributed by atoms with E-state index >= 15 is 0 Å². The Morgan fingerprint density at radius 1 is 1.17 bits per heavy atom. The number of hydrogen-bond donors (Lipinski definition) is 0. The van der Waals surface area contributed by atoms with Crippen molar-refractivity contribution in [2.45, 2.75) is 32.6 Å². The van der Waals surface area contributed by atoms with Crippen molar-refractivity contribution in [3.8, 4) is 0 Å². The van der Waals surface area contributed by atoms with Gasteiger partial charge in [-0.3, -0.25) is 0 Å².